The lowest BCUT2D eigenvalue weighted by Gasteiger charge is -2.30. The molecule has 1 saturated heterocycles. The first-order valence-electron chi connectivity index (χ1n) is 8.87. The second-order valence-electron chi connectivity index (χ2n) is 7.10. The van der Waals surface area contributed by atoms with Crippen LogP contribution in [0.5, 0.6) is 5.75 Å². The van der Waals surface area contributed by atoms with E-state index in [0.717, 1.165) is 29.5 Å². The number of benzene rings is 2. The van der Waals surface area contributed by atoms with Crippen molar-refractivity contribution in [2.75, 3.05) is 0 Å². The number of carbonyl (C=O) groups is 2. The van der Waals surface area contributed by atoms with Gasteiger partial charge in [-0.25, -0.2) is 9.59 Å². The average Bonchev–Trinajstić information content (AvgIpc) is 2.94. The first-order valence-corrected chi connectivity index (χ1v) is 9.25. The third-order valence-corrected chi connectivity index (χ3v) is 5.76. The highest BCUT2D eigenvalue weighted by Gasteiger charge is 2.44. The van der Waals surface area contributed by atoms with Crippen LogP contribution in [0, 0.1) is 19.8 Å². The molecule has 0 N–H and O–H groups in total. The smallest absolute Gasteiger partial charge is 0.343 e. The van der Waals surface area contributed by atoms with E-state index in [1.165, 1.54) is 5.56 Å². The molecule has 2 aliphatic rings. The van der Waals surface area contributed by atoms with E-state index >= 15 is 0 Å². The van der Waals surface area contributed by atoms with Gasteiger partial charge in [-0.15, -0.1) is 0 Å². The van der Waals surface area contributed by atoms with Gasteiger partial charge in [-0.2, -0.15) is 0 Å². The summed E-state index contributed by atoms with van der Waals surface area (Å²) in [6.45, 7) is 7.78. The van der Waals surface area contributed by atoms with Gasteiger partial charge in [0.2, 0.25) is 0 Å². The molecule has 1 aliphatic heterocycles. The fourth-order valence-electron chi connectivity index (χ4n) is 4.02. The topological polar surface area (TPSA) is 52.6 Å². The largest absolute Gasteiger partial charge is 0.453 e. The van der Waals surface area contributed by atoms with Gasteiger partial charge >= 0.3 is 11.9 Å². The fraction of sp³-hybridized carbons (Fsp3) is 0.273. The van der Waals surface area contributed by atoms with E-state index in [4.69, 9.17) is 21.1 Å². The Kier molecular flexibility index (Phi) is 4.31. The summed E-state index contributed by atoms with van der Waals surface area (Å²) in [7, 11) is 0. The van der Waals surface area contributed by atoms with E-state index in [9.17, 15) is 9.59 Å². The van der Waals surface area contributed by atoms with Crippen molar-refractivity contribution >= 4 is 23.5 Å². The van der Waals surface area contributed by atoms with Crippen molar-refractivity contribution in [3.05, 3.63) is 75.3 Å². The Morgan fingerprint density at radius 1 is 1.26 bits per heavy atom. The molecule has 1 heterocycles. The number of hydrogen-bond acceptors (Lipinski definition) is 4. The van der Waals surface area contributed by atoms with Crippen LogP contribution < -0.4 is 4.74 Å². The summed E-state index contributed by atoms with van der Waals surface area (Å²) in [6.07, 6.45) is 1.35. The van der Waals surface area contributed by atoms with E-state index < -0.39 is 5.97 Å². The molecule has 2 aromatic rings. The Bertz CT molecular complexity index is 975. The standard InChI is InChI=1S/C22H19ClO4/c1-11-10-18(26-22(25)14-4-6-15(23)7-5-14)13(3)19-16(11)8-9-17-12(2)21(24)27-20(17)19/h4-7,10,17,20H,2,8-9H2,1,3H3/t17-,20+/m0/s1. The van der Waals surface area contributed by atoms with Gasteiger partial charge in [-0.1, -0.05) is 18.2 Å². The van der Waals surface area contributed by atoms with E-state index in [-0.39, 0.29) is 18.0 Å². The summed E-state index contributed by atoms with van der Waals surface area (Å²) in [5.74, 6) is -0.307. The van der Waals surface area contributed by atoms with Crippen LogP contribution in [0.25, 0.3) is 0 Å². The molecule has 4 rings (SSSR count). The van der Waals surface area contributed by atoms with Crippen molar-refractivity contribution < 1.29 is 19.1 Å². The zero-order valence-electron chi connectivity index (χ0n) is 15.2. The van der Waals surface area contributed by atoms with Crippen LogP contribution in [0.15, 0.2) is 42.5 Å². The average molecular weight is 383 g/mol. The van der Waals surface area contributed by atoms with E-state index in [0.29, 0.717) is 21.9 Å². The lowest BCUT2D eigenvalue weighted by molar-refractivity contribution is -0.139. The number of rotatable bonds is 2. The molecular weight excluding hydrogens is 364 g/mol. The van der Waals surface area contributed by atoms with E-state index in [1.54, 1.807) is 24.3 Å². The molecule has 27 heavy (non-hydrogen) atoms. The summed E-state index contributed by atoms with van der Waals surface area (Å²) >= 11 is 5.88. The molecule has 1 fully saturated rings. The molecule has 2 aromatic carbocycles. The van der Waals surface area contributed by atoms with Gasteiger partial charge in [-0.05, 0) is 73.7 Å². The summed E-state index contributed by atoms with van der Waals surface area (Å²) in [4.78, 5) is 24.5. The molecule has 4 nitrogen and oxygen atoms in total. The van der Waals surface area contributed by atoms with Crippen molar-refractivity contribution in [1.29, 1.82) is 0 Å². The number of hydrogen-bond donors (Lipinski definition) is 0. The van der Waals surface area contributed by atoms with Gasteiger partial charge in [0, 0.05) is 22.1 Å². The molecule has 0 amide bonds. The maximum atomic E-state index is 12.5. The lowest BCUT2D eigenvalue weighted by atomic mass is 9.76. The molecule has 0 aromatic heterocycles. The highest BCUT2D eigenvalue weighted by atomic mass is 35.5. The molecule has 5 heteroatoms. The van der Waals surface area contributed by atoms with Crippen LogP contribution in [-0.4, -0.2) is 11.9 Å². The van der Waals surface area contributed by atoms with Crippen molar-refractivity contribution in [1.82, 2.24) is 0 Å². The third-order valence-electron chi connectivity index (χ3n) is 5.50. The maximum Gasteiger partial charge on any atom is 0.343 e. The minimum absolute atomic E-state index is 0.00897. The van der Waals surface area contributed by atoms with Gasteiger partial charge in [0.1, 0.15) is 11.9 Å². The van der Waals surface area contributed by atoms with Gasteiger partial charge in [0.25, 0.3) is 0 Å². The molecular formula is C22H19ClO4. The second kappa shape index (κ2) is 6.54. The number of ether oxygens (including phenoxy) is 2. The van der Waals surface area contributed by atoms with Gasteiger partial charge in [0.05, 0.1) is 5.56 Å². The molecule has 0 saturated carbocycles. The Labute approximate surface area is 162 Å². The Balaban J connectivity index is 1.72. The van der Waals surface area contributed by atoms with E-state index in [1.807, 2.05) is 19.9 Å². The van der Waals surface area contributed by atoms with Crippen LogP contribution in [-0.2, 0) is 16.0 Å². The van der Waals surface area contributed by atoms with Crippen molar-refractivity contribution in [2.24, 2.45) is 5.92 Å². The zero-order chi connectivity index (χ0) is 19.3. The van der Waals surface area contributed by atoms with Gasteiger partial charge in [0.15, 0.2) is 0 Å². The molecule has 0 bridgehead atoms. The minimum atomic E-state index is -0.450. The molecule has 0 radical (unpaired) electrons. The number of aryl methyl sites for hydroxylation is 1. The zero-order valence-corrected chi connectivity index (χ0v) is 15.9. The van der Waals surface area contributed by atoms with Crippen molar-refractivity contribution in [3.63, 3.8) is 0 Å². The van der Waals surface area contributed by atoms with E-state index in [2.05, 4.69) is 6.58 Å². The molecule has 0 spiro atoms. The van der Waals surface area contributed by atoms with Crippen LogP contribution in [0.2, 0.25) is 5.02 Å². The Morgan fingerprint density at radius 2 is 1.96 bits per heavy atom. The highest BCUT2D eigenvalue weighted by molar-refractivity contribution is 6.30. The monoisotopic (exact) mass is 382 g/mol. The highest BCUT2D eigenvalue weighted by Crippen LogP contribution is 2.49. The number of carbonyl (C=O) groups excluding carboxylic acids is 2. The van der Waals surface area contributed by atoms with Crippen LogP contribution in [0.1, 0.15) is 45.1 Å². The third kappa shape index (κ3) is 2.94. The van der Waals surface area contributed by atoms with Crippen molar-refractivity contribution in [3.8, 4) is 5.75 Å². The normalized spacial score (nSPS) is 20.7. The molecule has 2 atom stereocenters. The number of esters is 2. The quantitative estimate of drug-likeness (QED) is 0.421. The maximum absolute atomic E-state index is 12.5. The van der Waals surface area contributed by atoms with Gasteiger partial charge < -0.3 is 9.47 Å². The second-order valence-corrected chi connectivity index (χ2v) is 7.54. The first-order chi connectivity index (χ1) is 12.9. The lowest BCUT2D eigenvalue weighted by Crippen LogP contribution is -2.21. The Hall–Kier alpha value is -2.59. The number of halogens is 1. The first kappa shape index (κ1) is 17.8. The molecule has 0 unspecified atom stereocenters. The fourth-order valence-corrected chi connectivity index (χ4v) is 4.15. The summed E-state index contributed by atoms with van der Waals surface area (Å²) in [5, 5.41) is 0.557. The summed E-state index contributed by atoms with van der Waals surface area (Å²) < 4.78 is 11.3. The van der Waals surface area contributed by atoms with Crippen LogP contribution in [0.3, 0.4) is 0 Å². The summed E-state index contributed by atoms with van der Waals surface area (Å²) in [6, 6.07) is 8.44. The molecule has 1 aliphatic carbocycles. The van der Waals surface area contributed by atoms with Crippen LogP contribution >= 0.6 is 11.6 Å². The minimum Gasteiger partial charge on any atom is -0.453 e. The number of fused-ring (bicyclic) bond motifs is 3. The van der Waals surface area contributed by atoms with Gasteiger partial charge in [-0.3, -0.25) is 0 Å². The SMILES string of the molecule is C=C1C(=O)O[C@H]2c3c(C)c(OC(=O)c4ccc(Cl)cc4)cc(C)c3CC[C@@H]12. The van der Waals surface area contributed by atoms with Crippen LogP contribution in [0.4, 0.5) is 0 Å². The predicted molar refractivity (Wildman–Crippen MR) is 102 cm³/mol. The van der Waals surface area contributed by atoms with Crippen molar-refractivity contribution in [2.45, 2.75) is 32.8 Å². The summed E-state index contributed by atoms with van der Waals surface area (Å²) in [5.41, 5.74) is 4.94. The predicted octanol–water partition coefficient (Wildman–Crippen LogP) is 4.89. The Morgan fingerprint density at radius 3 is 2.67 bits per heavy atom. The molecule has 138 valence electrons.